The second-order valence-corrected chi connectivity index (χ2v) is 31.6. The molecule has 6 heterocycles. The van der Waals surface area contributed by atoms with Crippen molar-refractivity contribution in [1.82, 2.24) is 54.8 Å². The minimum Gasteiger partial charge on any atom is -1.00 e. The Kier molecular flexibility index (Phi) is 64.0. The number of Topliss-reactive ketones (excluding diaryl/α,β-unsaturated/α-hetero) is 1. The Morgan fingerprint density at radius 2 is 0.892 bits per heavy atom. The molecule has 0 aliphatic heterocycles. The van der Waals surface area contributed by atoms with Crippen LogP contribution < -0.4 is 23.6 Å². The first-order valence-corrected chi connectivity index (χ1v) is 44.0. The summed E-state index contributed by atoms with van der Waals surface area (Å²) in [6.45, 7) is 13.8. The van der Waals surface area contributed by atoms with Crippen LogP contribution in [0.25, 0.3) is 61.5 Å². The van der Waals surface area contributed by atoms with Gasteiger partial charge >= 0.3 is 36.1 Å². The zero-order chi connectivity index (χ0) is 90.4. The average molecular weight is 2010 g/mol. The second-order valence-electron chi connectivity index (χ2n) is 29.2. The van der Waals surface area contributed by atoms with Gasteiger partial charge in [-0.25, -0.2) is 49.8 Å². The van der Waals surface area contributed by atoms with E-state index in [1.807, 2.05) is 202 Å². The number of nitrogens with one attached hydrogen (secondary N) is 1. The predicted molar refractivity (Wildman–Crippen MR) is 587 cm³/mol. The standard InChI is InChI=1S/C31H28N2O2.C19H19N3.C12H9N3.C12H12N2S.C10H9NO3.C7H9BO2.C7H7.C5H5BrN2S.10CH4.ClH.Mg/c1-21-7-5-6-10-28(21)30-15-16-32-31(33-30)25(17-22-8-3-2-4-9-22)19-27(35)18-24-12-11-23-13-14-26(34)20-29(23)24;1-14-7-5-6-10-16(14)18-11-12-21-19(22-18)17(20)13-15-8-3-2-4-9-15;1-9-4-2-3-5-10(9)11-6-7-14-12(8-13)15-11;1-9-5-3-4-6-10(9)11-7-8-13-12(14-11)15-2;12-7-1-2-9-8(4-7)6(5-11-9)3-10(13)14;1-6-4-2-3-5-7(6)8(9)10;1-7-5-3-2-4-6-7;1-9-5-7-3-2-4(6)8-5;;;;;;;;;;;;/h2-10,12-16,20,25,34H,11,17-19H2,1H3;2-12,17H,13,20H2,1H3;2-7H,1H3;3-8H,1-2H3;1-2,4-5,11-12H,3H2,(H,13,14);2-5,9-10H,1H3;2-6H,1H2;2-3H,1H3;10*1H4;1H;/q;;;;;;-1;;;;;;;;;;;;;+2/p-1. The quantitative estimate of drug-likeness (QED) is 0.0130. The molecule has 26 heteroatoms. The summed E-state index contributed by atoms with van der Waals surface area (Å²) in [4.78, 5) is 70.0. The number of aromatic hydroxyl groups is 2. The fraction of sp³-hybridized carbons (Fsp3) is 0.221. The number of H-pyrrole nitrogens is 1. The third-order valence-corrected chi connectivity index (χ3v) is 21.5. The number of fused-ring (bicyclic) bond motifs is 2. The van der Waals surface area contributed by atoms with Gasteiger partial charge in [-0.05, 0) is 204 Å². The number of allylic oxidation sites excluding steroid dienone is 2. The number of nitrogens with two attached hydrogens (primary N) is 1. The number of carbonyl (C=O) groups is 2. The van der Waals surface area contributed by atoms with Gasteiger partial charge in [0.05, 0.1) is 35.2 Å². The molecule has 0 amide bonds. The number of aliphatic carboxylic acids is 1. The number of nitriles is 1. The number of aromatic nitrogens is 11. The van der Waals surface area contributed by atoms with Crippen molar-refractivity contribution in [2.45, 2.75) is 170 Å². The molecular formula is C113H138BBrClMgN13O7S2. The summed E-state index contributed by atoms with van der Waals surface area (Å²) in [5.74, 6) is 1.10. The minimum absolute atomic E-state index is 0. The maximum atomic E-state index is 13.3. The maximum absolute atomic E-state index is 13.3. The molecule has 17 rings (SSSR count). The van der Waals surface area contributed by atoms with Crippen LogP contribution in [0.2, 0.25) is 0 Å². The van der Waals surface area contributed by atoms with Crippen LogP contribution in [0.15, 0.2) is 337 Å². The normalized spacial score (nSPS) is 10.2. The van der Waals surface area contributed by atoms with Crippen LogP contribution in [0.5, 0.6) is 11.5 Å². The van der Waals surface area contributed by atoms with E-state index >= 15 is 0 Å². The summed E-state index contributed by atoms with van der Waals surface area (Å²) in [6.07, 6.45) is 19.3. The zero-order valence-corrected chi connectivity index (χ0v) is 78.0. The molecule has 10 aromatic carbocycles. The molecule has 1 aliphatic carbocycles. The molecule has 728 valence electrons. The Morgan fingerprint density at radius 3 is 1.34 bits per heavy atom. The molecule has 2 atom stereocenters. The van der Waals surface area contributed by atoms with Gasteiger partial charge in [-0.2, -0.15) is 29.9 Å². The van der Waals surface area contributed by atoms with E-state index in [0.29, 0.717) is 41.9 Å². The molecular weight excluding hydrogens is 1870 g/mol. The van der Waals surface area contributed by atoms with Crippen molar-refractivity contribution in [3.05, 3.63) is 413 Å². The molecule has 0 bridgehead atoms. The molecule has 0 radical (unpaired) electrons. The van der Waals surface area contributed by atoms with E-state index in [0.717, 1.165) is 123 Å². The Labute approximate surface area is 866 Å². The summed E-state index contributed by atoms with van der Waals surface area (Å²) < 4.78 is 0.835. The number of phenols is 2. The molecule has 8 N–H and O–H groups in total. The molecule has 20 nitrogen and oxygen atoms in total. The van der Waals surface area contributed by atoms with Gasteiger partial charge in [-0.1, -0.05) is 304 Å². The SMILES string of the molecule is C.C.C.C.C.C.C.C.C.C.CSc1nccc(-c2ccccc2C)n1.CSc1nccc(Br)n1.Cc1ccccc1-c1ccnc(C#N)n1.Cc1ccccc1-c1ccnc(C(CC(=O)CC2=CCc3ccc(O)cc32)Cc2ccccc2)n1.Cc1ccccc1-c1ccnc(C(N)Cc2ccccc2)n1.Cc1ccccc1B(O)O.O=C(O)Cc1c[nH]c2ccc(O)cc12.[CH2-]c1ccccc1.[Cl-].[Mg+2]. The molecule has 139 heavy (non-hydrogen) atoms. The second kappa shape index (κ2) is 68.2. The Balaban J connectivity index is -0.00000157. The van der Waals surface area contributed by atoms with E-state index in [9.17, 15) is 19.8 Å². The van der Waals surface area contributed by atoms with Crippen LogP contribution in [0.3, 0.4) is 0 Å². The molecule has 0 fully saturated rings. The van der Waals surface area contributed by atoms with Crippen molar-refractivity contribution in [2.75, 3.05) is 12.5 Å². The number of hydrogen-bond acceptors (Lipinski definition) is 20. The number of hydrogen-bond donors (Lipinski definition) is 7. The summed E-state index contributed by atoms with van der Waals surface area (Å²) in [6, 6.07) is 91.4. The number of halogens is 2. The first-order chi connectivity index (χ1) is 61.5. The summed E-state index contributed by atoms with van der Waals surface area (Å²) in [7, 11) is -1.35. The number of benzene rings is 10. The van der Waals surface area contributed by atoms with Crippen molar-refractivity contribution in [1.29, 1.82) is 5.26 Å². The van der Waals surface area contributed by atoms with Crippen LogP contribution in [0, 0.1) is 52.9 Å². The molecule has 0 spiro atoms. The Hall–Kier alpha value is -12.8. The number of phenolic OH excluding ortho intramolecular Hbond substituents is 2. The van der Waals surface area contributed by atoms with Crippen molar-refractivity contribution in [3.63, 3.8) is 0 Å². The summed E-state index contributed by atoms with van der Waals surface area (Å²) in [5.41, 5.74) is 28.6. The third-order valence-electron chi connectivity index (χ3n) is 20.0. The van der Waals surface area contributed by atoms with E-state index in [1.165, 1.54) is 34.0 Å². The zero-order valence-electron chi connectivity index (χ0n) is 72.6. The molecule has 2 unspecified atom stereocenters. The number of thioether (sulfide) groups is 2. The number of aryl methyl sites for hydroxylation is 5. The number of carboxylic acids is 1. The minimum atomic E-state index is -1.35. The first-order valence-electron chi connectivity index (χ1n) is 40.7. The van der Waals surface area contributed by atoms with Crippen molar-refractivity contribution >= 4 is 103 Å². The van der Waals surface area contributed by atoms with Gasteiger partial charge in [0.2, 0.25) is 5.82 Å². The summed E-state index contributed by atoms with van der Waals surface area (Å²) in [5, 5.41) is 56.4. The number of rotatable bonds is 19. The van der Waals surface area contributed by atoms with Crippen molar-refractivity contribution in [2.24, 2.45) is 5.73 Å². The predicted octanol–water partition coefficient (Wildman–Crippen LogP) is 23.7. The summed E-state index contributed by atoms with van der Waals surface area (Å²) >= 11 is 6.33. The van der Waals surface area contributed by atoms with Crippen LogP contribution in [0.1, 0.15) is 178 Å². The molecule has 1 aliphatic rings. The van der Waals surface area contributed by atoms with Crippen LogP contribution in [0.4, 0.5) is 0 Å². The maximum Gasteiger partial charge on any atom is 2.00 e. The Morgan fingerprint density at radius 1 is 0.482 bits per heavy atom. The van der Waals surface area contributed by atoms with Crippen LogP contribution in [-0.2, 0) is 35.3 Å². The number of aromatic amines is 1. The topological polar surface area (TPSA) is 330 Å². The van der Waals surface area contributed by atoms with Crippen molar-refractivity contribution in [3.8, 4) is 62.6 Å². The molecule has 0 saturated heterocycles. The first kappa shape index (κ1) is 130. The van der Waals surface area contributed by atoms with E-state index in [4.69, 9.17) is 31.1 Å². The van der Waals surface area contributed by atoms with Gasteiger partial charge in [0.25, 0.3) is 0 Å². The van der Waals surface area contributed by atoms with E-state index < -0.39 is 13.1 Å². The van der Waals surface area contributed by atoms with Crippen LogP contribution >= 0.6 is 39.5 Å². The number of nitrogens with zero attached hydrogens (tertiary/aromatic N) is 11. The van der Waals surface area contributed by atoms with Gasteiger partial charge in [0, 0.05) is 89.1 Å². The molecule has 0 saturated carbocycles. The van der Waals surface area contributed by atoms with E-state index in [1.54, 1.807) is 97.5 Å². The van der Waals surface area contributed by atoms with Gasteiger partial charge in [-0.3, -0.25) is 9.59 Å². The monoisotopic (exact) mass is 2000 g/mol. The smallest absolute Gasteiger partial charge is 1.00 e. The van der Waals surface area contributed by atoms with E-state index in [-0.39, 0.29) is 151 Å². The molecule has 6 aromatic heterocycles. The number of carbonyl (C=O) groups excluding carboxylic acids is 1. The van der Waals surface area contributed by atoms with Crippen molar-refractivity contribution < 1.29 is 47.4 Å². The number of carboxylic acid groups (broad SMARTS) is 1. The van der Waals surface area contributed by atoms with Gasteiger partial charge in [0.1, 0.15) is 39.6 Å². The van der Waals surface area contributed by atoms with Gasteiger partial charge < -0.3 is 48.5 Å². The van der Waals surface area contributed by atoms with Gasteiger partial charge in [-0.15, -0.1) is 12.1 Å². The number of ketones is 1. The van der Waals surface area contributed by atoms with Gasteiger partial charge in [0.15, 0.2) is 10.3 Å². The fourth-order valence-electron chi connectivity index (χ4n) is 13.5. The van der Waals surface area contributed by atoms with Crippen LogP contribution in [-0.4, -0.2) is 135 Å². The molecule has 16 aromatic rings. The fourth-order valence-corrected chi connectivity index (χ4v) is 14.6. The largest absolute Gasteiger partial charge is 2.00 e. The third kappa shape index (κ3) is 41.4. The Bertz CT molecular complexity index is 6350. The average Bonchev–Trinajstić information content (AvgIpc) is 1.47. The van der Waals surface area contributed by atoms with E-state index in [2.05, 4.69) is 160 Å².